The second kappa shape index (κ2) is 7.31. The lowest BCUT2D eigenvalue weighted by atomic mass is 10.5. The molecule has 0 aliphatic heterocycles. The van der Waals surface area contributed by atoms with Crippen molar-refractivity contribution in [3.05, 3.63) is 16.1 Å². The number of carbonyl (C=O) groups excluding carboxylic acids is 2. The molecule has 1 heterocycles. The number of carbonyl (C=O) groups is 3. The van der Waals surface area contributed by atoms with Gasteiger partial charge in [0.2, 0.25) is 5.91 Å². The molecule has 1 aromatic rings. The summed E-state index contributed by atoms with van der Waals surface area (Å²) in [6.45, 7) is 2.21. The van der Waals surface area contributed by atoms with E-state index in [1.54, 1.807) is 0 Å². The van der Waals surface area contributed by atoms with Crippen LogP contribution in [0.25, 0.3) is 0 Å². The van der Waals surface area contributed by atoms with Crippen LogP contribution in [0.1, 0.15) is 22.4 Å². The fraction of sp³-hybridized carbons (Fsp3) is 0.400. The molecule has 0 atom stereocenters. The molecule has 1 rings (SSSR count). The Balaban J connectivity index is 2.22. The molecule has 0 unspecified atom stereocenters. The van der Waals surface area contributed by atoms with E-state index in [4.69, 9.17) is 5.11 Å². The number of rotatable bonds is 6. The summed E-state index contributed by atoms with van der Waals surface area (Å²) in [6, 6.07) is -0.405. The summed E-state index contributed by atoms with van der Waals surface area (Å²) in [5.74, 6) is -1.26. The first-order chi connectivity index (χ1) is 8.99. The van der Waals surface area contributed by atoms with Gasteiger partial charge >= 0.3 is 12.0 Å². The summed E-state index contributed by atoms with van der Waals surface area (Å²) in [6.07, 6.45) is 0. The predicted molar refractivity (Wildman–Crippen MR) is 68.0 cm³/mol. The van der Waals surface area contributed by atoms with E-state index in [1.165, 1.54) is 12.3 Å². The van der Waals surface area contributed by atoms with E-state index in [-0.39, 0.29) is 18.1 Å². The van der Waals surface area contributed by atoms with Gasteiger partial charge in [-0.15, -0.1) is 11.3 Å². The quantitative estimate of drug-likeness (QED) is 0.539. The Morgan fingerprint density at radius 1 is 1.26 bits per heavy atom. The lowest BCUT2D eigenvalue weighted by Gasteiger charge is -2.06. The molecule has 0 bridgehead atoms. The van der Waals surface area contributed by atoms with Crippen LogP contribution in [0.15, 0.2) is 5.38 Å². The van der Waals surface area contributed by atoms with Crippen LogP contribution in [0.3, 0.4) is 0 Å². The third kappa shape index (κ3) is 5.82. The van der Waals surface area contributed by atoms with Crippen LogP contribution in [0.4, 0.5) is 4.79 Å². The maximum absolute atomic E-state index is 11.3. The van der Waals surface area contributed by atoms with Crippen molar-refractivity contribution in [1.82, 2.24) is 20.9 Å². The lowest BCUT2D eigenvalue weighted by molar-refractivity contribution is -0.118. The van der Waals surface area contributed by atoms with Gasteiger partial charge in [-0.3, -0.25) is 4.79 Å². The number of nitrogens with zero attached hydrogens (tertiary/aromatic N) is 1. The minimum atomic E-state index is -1.10. The topological polar surface area (TPSA) is 120 Å². The van der Waals surface area contributed by atoms with E-state index in [9.17, 15) is 14.4 Å². The first kappa shape index (κ1) is 14.9. The second-order valence-corrected chi connectivity index (χ2v) is 4.47. The molecule has 104 valence electrons. The molecule has 0 aromatic carbocycles. The molecule has 3 amide bonds. The number of thiazole rings is 1. The van der Waals surface area contributed by atoms with Gasteiger partial charge in [-0.25, -0.2) is 14.6 Å². The summed E-state index contributed by atoms with van der Waals surface area (Å²) in [5, 5.41) is 18.2. The van der Waals surface area contributed by atoms with Crippen molar-refractivity contribution >= 4 is 29.2 Å². The normalized spacial score (nSPS) is 9.74. The molecule has 0 radical (unpaired) electrons. The molecule has 0 saturated heterocycles. The fourth-order valence-electron chi connectivity index (χ4n) is 1.12. The van der Waals surface area contributed by atoms with Crippen LogP contribution in [-0.2, 0) is 11.3 Å². The number of aromatic nitrogens is 1. The summed E-state index contributed by atoms with van der Waals surface area (Å²) >= 11 is 1.16. The molecule has 1 aromatic heterocycles. The van der Waals surface area contributed by atoms with Crippen LogP contribution in [0.2, 0.25) is 0 Å². The van der Waals surface area contributed by atoms with E-state index < -0.39 is 12.0 Å². The molecular weight excluding hydrogens is 272 g/mol. The van der Waals surface area contributed by atoms with Gasteiger partial charge in [0, 0.05) is 25.4 Å². The largest absolute Gasteiger partial charge is 0.476 e. The van der Waals surface area contributed by atoms with E-state index in [0.717, 1.165) is 11.3 Å². The van der Waals surface area contributed by atoms with Crippen molar-refractivity contribution in [3.8, 4) is 0 Å². The van der Waals surface area contributed by atoms with Crippen LogP contribution in [0.5, 0.6) is 0 Å². The number of aromatic carboxylic acids is 1. The Morgan fingerprint density at radius 3 is 2.53 bits per heavy atom. The first-order valence-corrected chi connectivity index (χ1v) is 6.31. The van der Waals surface area contributed by atoms with Gasteiger partial charge in [0.25, 0.3) is 0 Å². The van der Waals surface area contributed by atoms with Crippen molar-refractivity contribution in [3.63, 3.8) is 0 Å². The molecule has 0 aliphatic rings. The maximum Gasteiger partial charge on any atom is 0.355 e. The summed E-state index contributed by atoms with van der Waals surface area (Å²) in [5.41, 5.74) is -0.0344. The molecule has 0 aliphatic carbocycles. The Kier molecular flexibility index (Phi) is 5.73. The standard InChI is InChI=1S/C10H14N4O4S/c1-6(15)11-2-3-12-10(18)13-4-8-14-7(5-19-8)9(16)17/h5H,2-4H2,1H3,(H,11,15)(H,16,17)(H2,12,13,18). The smallest absolute Gasteiger partial charge is 0.355 e. The number of nitrogens with one attached hydrogen (secondary N) is 3. The van der Waals surface area contributed by atoms with E-state index >= 15 is 0 Å². The average molecular weight is 286 g/mol. The number of urea groups is 1. The van der Waals surface area contributed by atoms with Crippen molar-refractivity contribution in [2.24, 2.45) is 0 Å². The van der Waals surface area contributed by atoms with Gasteiger partial charge in [0.1, 0.15) is 5.01 Å². The monoisotopic (exact) mass is 286 g/mol. The third-order valence-corrected chi connectivity index (χ3v) is 2.80. The summed E-state index contributed by atoms with van der Waals surface area (Å²) in [4.78, 5) is 36.3. The Labute approximate surface area is 113 Å². The van der Waals surface area contributed by atoms with E-state index in [0.29, 0.717) is 18.1 Å². The highest BCUT2D eigenvalue weighted by molar-refractivity contribution is 7.09. The van der Waals surface area contributed by atoms with Crippen molar-refractivity contribution in [2.45, 2.75) is 13.5 Å². The average Bonchev–Trinajstić information content (AvgIpc) is 2.81. The highest BCUT2D eigenvalue weighted by Crippen LogP contribution is 2.08. The molecule has 9 heteroatoms. The minimum absolute atomic E-state index is 0.0344. The number of carboxylic acid groups (broad SMARTS) is 1. The van der Waals surface area contributed by atoms with Gasteiger partial charge in [-0.2, -0.15) is 0 Å². The Bertz CT molecular complexity index is 474. The van der Waals surface area contributed by atoms with Gasteiger partial charge in [0.05, 0.1) is 6.54 Å². The molecular formula is C10H14N4O4S. The highest BCUT2D eigenvalue weighted by atomic mass is 32.1. The summed E-state index contributed by atoms with van der Waals surface area (Å²) in [7, 11) is 0. The summed E-state index contributed by atoms with van der Waals surface area (Å²) < 4.78 is 0. The molecule has 8 nitrogen and oxygen atoms in total. The number of hydrogen-bond acceptors (Lipinski definition) is 5. The fourth-order valence-corrected chi connectivity index (χ4v) is 1.83. The van der Waals surface area contributed by atoms with Crippen LogP contribution >= 0.6 is 11.3 Å². The van der Waals surface area contributed by atoms with Crippen LogP contribution in [-0.4, -0.2) is 41.1 Å². The van der Waals surface area contributed by atoms with Gasteiger partial charge in [0.15, 0.2) is 5.69 Å². The molecule has 4 N–H and O–H groups in total. The Hall–Kier alpha value is -2.16. The maximum atomic E-state index is 11.3. The zero-order valence-corrected chi connectivity index (χ0v) is 11.0. The zero-order valence-electron chi connectivity index (χ0n) is 10.2. The first-order valence-electron chi connectivity index (χ1n) is 5.43. The molecule has 0 spiro atoms. The Morgan fingerprint density at radius 2 is 1.95 bits per heavy atom. The van der Waals surface area contributed by atoms with Crippen molar-refractivity contribution in [1.29, 1.82) is 0 Å². The second-order valence-electron chi connectivity index (χ2n) is 3.52. The van der Waals surface area contributed by atoms with Gasteiger partial charge in [-0.05, 0) is 0 Å². The highest BCUT2D eigenvalue weighted by Gasteiger charge is 2.09. The SMILES string of the molecule is CC(=O)NCCNC(=O)NCc1nc(C(=O)O)cs1. The molecule has 0 saturated carbocycles. The van der Waals surface area contributed by atoms with E-state index in [2.05, 4.69) is 20.9 Å². The van der Waals surface area contributed by atoms with Crippen LogP contribution in [0, 0.1) is 0 Å². The van der Waals surface area contributed by atoms with Gasteiger partial charge in [-0.1, -0.05) is 0 Å². The van der Waals surface area contributed by atoms with E-state index in [1.807, 2.05) is 0 Å². The third-order valence-electron chi connectivity index (χ3n) is 1.96. The molecule has 0 fully saturated rings. The number of carboxylic acids is 1. The number of hydrogen-bond donors (Lipinski definition) is 4. The lowest BCUT2D eigenvalue weighted by Crippen LogP contribution is -2.39. The van der Waals surface area contributed by atoms with Crippen molar-refractivity contribution < 1.29 is 19.5 Å². The number of amides is 3. The zero-order chi connectivity index (χ0) is 14.3. The molecule has 19 heavy (non-hydrogen) atoms. The van der Waals surface area contributed by atoms with Crippen molar-refractivity contribution in [2.75, 3.05) is 13.1 Å². The minimum Gasteiger partial charge on any atom is -0.476 e. The van der Waals surface area contributed by atoms with Gasteiger partial charge < -0.3 is 21.1 Å². The van der Waals surface area contributed by atoms with Crippen LogP contribution < -0.4 is 16.0 Å². The predicted octanol–water partition coefficient (Wildman–Crippen LogP) is -0.223.